The number of hydrogen-bond acceptors (Lipinski definition) is 2. The van der Waals surface area contributed by atoms with Gasteiger partial charge < -0.3 is 9.87 Å². The lowest BCUT2D eigenvalue weighted by molar-refractivity contribution is 0.557. The molecule has 0 amide bonds. The highest BCUT2D eigenvalue weighted by Gasteiger charge is 2.33. The first kappa shape index (κ1) is 13.0. The van der Waals surface area contributed by atoms with Crippen LogP contribution in [0.5, 0.6) is 0 Å². The summed E-state index contributed by atoms with van der Waals surface area (Å²) in [4.78, 5) is 0.487. The van der Waals surface area contributed by atoms with E-state index in [0.29, 0.717) is 17.0 Å². The van der Waals surface area contributed by atoms with Crippen LogP contribution in [0.3, 0.4) is 0 Å². The van der Waals surface area contributed by atoms with Crippen molar-refractivity contribution in [3.63, 3.8) is 0 Å². The molecule has 4 heteroatoms. The Balaban J connectivity index is 2.10. The minimum Gasteiger partial charge on any atom is -0.307 e. The molecule has 3 rings (SSSR count). The SMILES string of the molecule is CC1=C(c2cc(S(=O)O)ccc2C)C2CCC(C1)N2. The van der Waals surface area contributed by atoms with Crippen molar-refractivity contribution in [3.8, 4) is 0 Å². The minimum atomic E-state index is -1.91. The standard InChI is InChI=1S/C15H19NO2S/c1-9-3-5-12(19(17)18)8-13(9)15-10(2)7-11-4-6-14(15)16-11/h3,5,8,11,14,16H,4,6-7H2,1-2H3,(H,17,18). The maximum atomic E-state index is 11.3. The summed E-state index contributed by atoms with van der Waals surface area (Å²) in [5.74, 6) is 0. The van der Waals surface area contributed by atoms with Gasteiger partial charge in [-0.05, 0) is 61.9 Å². The number of hydrogen-bond donors (Lipinski definition) is 2. The molecule has 1 saturated heterocycles. The fourth-order valence-electron chi connectivity index (χ4n) is 3.40. The molecule has 3 atom stereocenters. The van der Waals surface area contributed by atoms with Gasteiger partial charge in [0, 0.05) is 12.1 Å². The van der Waals surface area contributed by atoms with Crippen molar-refractivity contribution in [2.24, 2.45) is 0 Å². The van der Waals surface area contributed by atoms with E-state index in [1.54, 1.807) is 6.07 Å². The number of nitrogens with one attached hydrogen (secondary N) is 1. The van der Waals surface area contributed by atoms with Crippen LogP contribution in [-0.4, -0.2) is 20.8 Å². The van der Waals surface area contributed by atoms with Crippen LogP contribution in [0.2, 0.25) is 0 Å². The van der Waals surface area contributed by atoms with Gasteiger partial charge in [0.25, 0.3) is 0 Å². The predicted octanol–water partition coefficient (Wildman–Crippen LogP) is 2.87. The van der Waals surface area contributed by atoms with E-state index in [9.17, 15) is 8.76 Å². The molecule has 2 aliphatic heterocycles. The summed E-state index contributed by atoms with van der Waals surface area (Å²) in [5.41, 5.74) is 5.08. The Morgan fingerprint density at radius 2 is 2.11 bits per heavy atom. The van der Waals surface area contributed by atoms with Crippen LogP contribution in [-0.2, 0) is 11.1 Å². The third-order valence-electron chi connectivity index (χ3n) is 4.30. The van der Waals surface area contributed by atoms with Gasteiger partial charge in [0.1, 0.15) is 0 Å². The molecule has 0 aliphatic carbocycles. The highest BCUT2D eigenvalue weighted by atomic mass is 32.2. The number of aryl methyl sites for hydroxylation is 1. The summed E-state index contributed by atoms with van der Waals surface area (Å²) >= 11 is -1.91. The summed E-state index contributed by atoms with van der Waals surface area (Å²) in [6.45, 7) is 4.27. The molecular formula is C15H19NO2S. The third-order valence-corrected chi connectivity index (χ3v) is 4.96. The smallest absolute Gasteiger partial charge is 0.186 e. The molecule has 1 aromatic carbocycles. The molecule has 2 aliphatic rings. The van der Waals surface area contributed by atoms with Gasteiger partial charge >= 0.3 is 0 Å². The van der Waals surface area contributed by atoms with Gasteiger partial charge in [0.2, 0.25) is 0 Å². The fraction of sp³-hybridized carbons (Fsp3) is 0.467. The molecule has 3 nitrogen and oxygen atoms in total. The molecule has 3 unspecified atom stereocenters. The van der Waals surface area contributed by atoms with Crippen molar-refractivity contribution in [3.05, 3.63) is 34.9 Å². The van der Waals surface area contributed by atoms with E-state index in [1.807, 2.05) is 12.1 Å². The summed E-state index contributed by atoms with van der Waals surface area (Å²) in [5, 5.41) is 3.65. The molecule has 0 saturated carbocycles. The Morgan fingerprint density at radius 1 is 1.32 bits per heavy atom. The Morgan fingerprint density at radius 3 is 2.84 bits per heavy atom. The van der Waals surface area contributed by atoms with E-state index in [1.165, 1.54) is 29.6 Å². The van der Waals surface area contributed by atoms with E-state index >= 15 is 0 Å². The first-order valence-corrected chi connectivity index (χ1v) is 7.84. The largest absolute Gasteiger partial charge is 0.307 e. The Hall–Kier alpha value is -0.970. The van der Waals surface area contributed by atoms with Crippen molar-refractivity contribution in [1.82, 2.24) is 5.32 Å². The number of rotatable bonds is 2. The Labute approximate surface area is 116 Å². The zero-order chi connectivity index (χ0) is 13.6. The van der Waals surface area contributed by atoms with E-state index < -0.39 is 11.1 Å². The van der Waals surface area contributed by atoms with Gasteiger partial charge in [0.15, 0.2) is 11.1 Å². The van der Waals surface area contributed by atoms with Crippen LogP contribution in [0.25, 0.3) is 5.57 Å². The number of benzene rings is 1. The molecule has 102 valence electrons. The van der Waals surface area contributed by atoms with Crippen LogP contribution in [0, 0.1) is 6.92 Å². The molecule has 0 radical (unpaired) electrons. The van der Waals surface area contributed by atoms with E-state index in [4.69, 9.17) is 0 Å². The van der Waals surface area contributed by atoms with Crippen molar-refractivity contribution >= 4 is 16.7 Å². The van der Waals surface area contributed by atoms with Crippen LogP contribution < -0.4 is 5.32 Å². The molecule has 2 N–H and O–H groups in total. The average molecular weight is 277 g/mol. The lowest BCUT2D eigenvalue weighted by Crippen LogP contribution is -2.35. The second-order valence-corrected chi connectivity index (χ2v) is 6.59. The zero-order valence-electron chi connectivity index (χ0n) is 11.3. The fourth-order valence-corrected chi connectivity index (χ4v) is 3.81. The van der Waals surface area contributed by atoms with Gasteiger partial charge in [-0.15, -0.1) is 0 Å². The van der Waals surface area contributed by atoms with Gasteiger partial charge in [-0.25, -0.2) is 4.21 Å². The van der Waals surface area contributed by atoms with Gasteiger partial charge in [-0.3, -0.25) is 0 Å². The van der Waals surface area contributed by atoms with Crippen LogP contribution in [0.1, 0.15) is 37.3 Å². The molecule has 0 spiro atoms. The van der Waals surface area contributed by atoms with Gasteiger partial charge in [-0.1, -0.05) is 11.6 Å². The molecule has 19 heavy (non-hydrogen) atoms. The molecule has 2 bridgehead atoms. The average Bonchev–Trinajstić information content (AvgIpc) is 2.74. The topological polar surface area (TPSA) is 49.3 Å². The first-order chi connectivity index (χ1) is 9.06. The molecular weight excluding hydrogens is 258 g/mol. The van der Waals surface area contributed by atoms with E-state index in [2.05, 4.69) is 19.2 Å². The van der Waals surface area contributed by atoms with Gasteiger partial charge in [-0.2, -0.15) is 0 Å². The summed E-state index contributed by atoms with van der Waals surface area (Å²) in [7, 11) is 0. The van der Waals surface area contributed by atoms with Crippen LogP contribution >= 0.6 is 0 Å². The maximum absolute atomic E-state index is 11.3. The monoisotopic (exact) mass is 277 g/mol. The van der Waals surface area contributed by atoms with Crippen molar-refractivity contribution < 1.29 is 8.76 Å². The highest BCUT2D eigenvalue weighted by molar-refractivity contribution is 7.79. The second kappa shape index (κ2) is 4.85. The minimum absolute atomic E-state index is 0.417. The maximum Gasteiger partial charge on any atom is 0.186 e. The normalized spacial score (nSPS) is 27.7. The quantitative estimate of drug-likeness (QED) is 0.817. The highest BCUT2D eigenvalue weighted by Crippen LogP contribution is 2.38. The van der Waals surface area contributed by atoms with Crippen LogP contribution in [0.4, 0.5) is 0 Å². The first-order valence-electron chi connectivity index (χ1n) is 6.74. The number of fused-ring (bicyclic) bond motifs is 2. The Bertz CT molecular complexity index is 580. The summed E-state index contributed by atoms with van der Waals surface area (Å²) < 4.78 is 20.5. The molecule has 1 fully saturated rings. The van der Waals surface area contributed by atoms with E-state index in [0.717, 1.165) is 12.0 Å². The van der Waals surface area contributed by atoms with Crippen molar-refractivity contribution in [2.75, 3.05) is 0 Å². The molecule has 2 heterocycles. The lowest BCUT2D eigenvalue weighted by Gasteiger charge is -2.28. The van der Waals surface area contributed by atoms with Crippen molar-refractivity contribution in [1.29, 1.82) is 0 Å². The summed E-state index contributed by atoms with van der Waals surface area (Å²) in [6, 6.07) is 6.60. The molecule has 1 aromatic rings. The lowest BCUT2D eigenvalue weighted by atomic mass is 9.88. The van der Waals surface area contributed by atoms with E-state index in [-0.39, 0.29) is 0 Å². The zero-order valence-corrected chi connectivity index (χ0v) is 12.1. The van der Waals surface area contributed by atoms with Gasteiger partial charge in [0.05, 0.1) is 4.90 Å². The molecule has 0 aromatic heterocycles. The van der Waals surface area contributed by atoms with Crippen molar-refractivity contribution in [2.45, 2.75) is 50.1 Å². The predicted molar refractivity (Wildman–Crippen MR) is 77.4 cm³/mol. The van der Waals surface area contributed by atoms with Crippen LogP contribution in [0.15, 0.2) is 28.7 Å². The Kier molecular flexibility index (Phi) is 3.33. The second-order valence-electron chi connectivity index (χ2n) is 5.62. The summed E-state index contributed by atoms with van der Waals surface area (Å²) in [6.07, 6.45) is 3.50. The third kappa shape index (κ3) is 2.29.